The third-order valence-corrected chi connectivity index (χ3v) is 5.42. The number of ether oxygens (including phenoxy) is 1. The molecular formula is C19H30N4O3. The second-order valence-electron chi connectivity index (χ2n) is 7.28. The van der Waals surface area contributed by atoms with Crippen molar-refractivity contribution in [1.29, 1.82) is 0 Å². The highest BCUT2D eigenvalue weighted by Crippen LogP contribution is 2.26. The highest BCUT2D eigenvalue weighted by atomic mass is 16.5. The van der Waals surface area contributed by atoms with Gasteiger partial charge in [-0.15, -0.1) is 0 Å². The number of rotatable bonds is 6. The number of piperidine rings is 1. The van der Waals surface area contributed by atoms with Crippen LogP contribution in [0.25, 0.3) is 0 Å². The van der Waals surface area contributed by atoms with E-state index in [4.69, 9.17) is 4.74 Å². The van der Waals surface area contributed by atoms with Gasteiger partial charge in [0.2, 0.25) is 11.8 Å². The number of nitrogens with zero attached hydrogens (tertiary/aromatic N) is 4. The van der Waals surface area contributed by atoms with Gasteiger partial charge in [0.1, 0.15) is 5.82 Å². The molecule has 3 rings (SSSR count). The number of amides is 2. The molecule has 0 spiro atoms. The summed E-state index contributed by atoms with van der Waals surface area (Å²) in [6, 6.07) is 0. The van der Waals surface area contributed by atoms with Crippen molar-refractivity contribution in [3.05, 3.63) is 18.2 Å². The fourth-order valence-corrected chi connectivity index (χ4v) is 3.94. The number of methoxy groups -OCH3 is 1. The predicted octanol–water partition coefficient (Wildman–Crippen LogP) is 1.64. The molecule has 0 unspecified atom stereocenters. The minimum atomic E-state index is 0.0694. The van der Waals surface area contributed by atoms with E-state index in [0.717, 1.165) is 51.0 Å². The molecule has 144 valence electrons. The summed E-state index contributed by atoms with van der Waals surface area (Å²) in [7, 11) is 1.70. The van der Waals surface area contributed by atoms with Gasteiger partial charge in [-0.1, -0.05) is 6.42 Å². The van der Waals surface area contributed by atoms with Crippen molar-refractivity contribution in [2.24, 2.45) is 0 Å². The number of aromatic nitrogens is 2. The third-order valence-electron chi connectivity index (χ3n) is 5.42. The van der Waals surface area contributed by atoms with E-state index in [1.54, 1.807) is 12.0 Å². The van der Waals surface area contributed by atoms with Crippen molar-refractivity contribution in [1.82, 2.24) is 19.4 Å². The molecule has 7 nitrogen and oxygen atoms in total. The van der Waals surface area contributed by atoms with Crippen LogP contribution in [0.2, 0.25) is 0 Å². The quantitative estimate of drug-likeness (QED) is 0.771. The first-order chi connectivity index (χ1) is 12.7. The number of carbonyl (C=O) groups is 2. The lowest BCUT2D eigenvalue weighted by Crippen LogP contribution is -2.46. The second kappa shape index (κ2) is 9.16. The van der Waals surface area contributed by atoms with Crippen molar-refractivity contribution < 1.29 is 14.3 Å². The van der Waals surface area contributed by atoms with E-state index in [1.807, 2.05) is 17.3 Å². The Hall–Kier alpha value is -1.89. The highest BCUT2D eigenvalue weighted by molar-refractivity contribution is 5.85. The number of imidazole rings is 1. The molecule has 0 radical (unpaired) electrons. The van der Waals surface area contributed by atoms with Crippen LogP contribution in [0.5, 0.6) is 0 Å². The Labute approximate surface area is 155 Å². The molecule has 2 aliphatic heterocycles. The first-order valence-corrected chi connectivity index (χ1v) is 9.74. The van der Waals surface area contributed by atoms with E-state index in [2.05, 4.69) is 9.55 Å². The maximum atomic E-state index is 12.8. The van der Waals surface area contributed by atoms with Gasteiger partial charge in [-0.25, -0.2) is 4.98 Å². The monoisotopic (exact) mass is 362 g/mol. The minimum absolute atomic E-state index is 0.0694. The van der Waals surface area contributed by atoms with Crippen LogP contribution in [-0.4, -0.2) is 71.1 Å². The van der Waals surface area contributed by atoms with Crippen LogP contribution in [0.3, 0.4) is 0 Å². The molecule has 0 aromatic carbocycles. The number of hydrogen-bond donors (Lipinski definition) is 0. The second-order valence-corrected chi connectivity index (χ2v) is 7.28. The Morgan fingerprint density at radius 3 is 3.00 bits per heavy atom. The smallest absolute Gasteiger partial charge is 0.242 e. The molecule has 0 saturated carbocycles. The maximum Gasteiger partial charge on any atom is 0.242 e. The first kappa shape index (κ1) is 18.9. The standard InChI is InChI=1S/C19H30N4O3/c1-26-13-12-21-11-8-20-19(21)16-6-5-10-22(14-16)18(25)15-23-9-4-2-3-7-17(23)24/h8,11,16H,2-7,9-10,12-15H2,1H3/t16-/m0/s1. The summed E-state index contributed by atoms with van der Waals surface area (Å²) >= 11 is 0. The average molecular weight is 362 g/mol. The Balaban J connectivity index is 1.60. The van der Waals surface area contributed by atoms with E-state index in [1.165, 1.54) is 0 Å². The number of hydrogen-bond acceptors (Lipinski definition) is 4. The molecule has 0 aliphatic carbocycles. The van der Waals surface area contributed by atoms with Crippen LogP contribution in [0, 0.1) is 0 Å². The molecular weight excluding hydrogens is 332 g/mol. The zero-order valence-electron chi connectivity index (χ0n) is 15.7. The molecule has 1 atom stereocenters. The van der Waals surface area contributed by atoms with Crippen molar-refractivity contribution >= 4 is 11.8 Å². The molecule has 0 N–H and O–H groups in total. The molecule has 26 heavy (non-hydrogen) atoms. The molecule has 7 heteroatoms. The predicted molar refractivity (Wildman–Crippen MR) is 97.7 cm³/mol. The van der Waals surface area contributed by atoms with Gasteiger partial charge in [0.05, 0.1) is 13.2 Å². The Morgan fingerprint density at radius 2 is 2.15 bits per heavy atom. The summed E-state index contributed by atoms with van der Waals surface area (Å²) < 4.78 is 7.30. The van der Waals surface area contributed by atoms with Crippen molar-refractivity contribution in [3.63, 3.8) is 0 Å². The normalized spacial score (nSPS) is 21.7. The molecule has 2 fully saturated rings. The van der Waals surface area contributed by atoms with Gasteiger partial charge in [-0.05, 0) is 25.7 Å². The summed E-state index contributed by atoms with van der Waals surface area (Å²) in [5.74, 6) is 1.48. The summed E-state index contributed by atoms with van der Waals surface area (Å²) in [6.07, 6.45) is 9.40. The maximum absolute atomic E-state index is 12.8. The molecule has 1 aromatic heterocycles. The molecule has 2 amide bonds. The van der Waals surface area contributed by atoms with Crippen LogP contribution in [0.1, 0.15) is 50.3 Å². The van der Waals surface area contributed by atoms with Gasteiger partial charge in [-0.3, -0.25) is 9.59 Å². The molecule has 0 bridgehead atoms. The third kappa shape index (κ3) is 4.63. The molecule has 3 heterocycles. The lowest BCUT2D eigenvalue weighted by atomic mass is 9.97. The van der Waals surface area contributed by atoms with E-state index in [-0.39, 0.29) is 24.3 Å². The number of carbonyl (C=O) groups excluding carboxylic acids is 2. The Bertz CT molecular complexity index is 616. The molecule has 1 aromatic rings. The zero-order chi connectivity index (χ0) is 18.4. The lowest BCUT2D eigenvalue weighted by Gasteiger charge is -2.34. The summed E-state index contributed by atoms with van der Waals surface area (Å²) in [5.41, 5.74) is 0. The largest absolute Gasteiger partial charge is 0.383 e. The van der Waals surface area contributed by atoms with Gasteiger partial charge in [0, 0.05) is 58.0 Å². The lowest BCUT2D eigenvalue weighted by molar-refractivity contribution is -0.140. The van der Waals surface area contributed by atoms with Crippen molar-refractivity contribution in [2.45, 2.75) is 51.0 Å². The zero-order valence-corrected chi connectivity index (χ0v) is 15.7. The van der Waals surface area contributed by atoms with E-state index < -0.39 is 0 Å². The van der Waals surface area contributed by atoms with Crippen LogP contribution < -0.4 is 0 Å². The summed E-state index contributed by atoms with van der Waals surface area (Å²) in [4.78, 5) is 33.1. The number of likely N-dealkylation sites (tertiary alicyclic amines) is 2. The molecule has 2 aliphatic rings. The van der Waals surface area contributed by atoms with Crippen LogP contribution in [0.15, 0.2) is 12.4 Å². The van der Waals surface area contributed by atoms with Gasteiger partial charge in [0.15, 0.2) is 0 Å². The topological polar surface area (TPSA) is 67.7 Å². The van der Waals surface area contributed by atoms with Gasteiger partial charge < -0.3 is 19.1 Å². The molecule has 2 saturated heterocycles. The minimum Gasteiger partial charge on any atom is -0.383 e. The Kier molecular flexibility index (Phi) is 6.66. The van der Waals surface area contributed by atoms with E-state index in [0.29, 0.717) is 26.1 Å². The van der Waals surface area contributed by atoms with Crippen molar-refractivity contribution in [2.75, 3.05) is 39.9 Å². The first-order valence-electron chi connectivity index (χ1n) is 9.74. The fraction of sp³-hybridized carbons (Fsp3) is 0.737. The van der Waals surface area contributed by atoms with Crippen molar-refractivity contribution in [3.8, 4) is 0 Å². The van der Waals surface area contributed by atoms with Crippen LogP contribution in [-0.2, 0) is 20.9 Å². The summed E-state index contributed by atoms with van der Waals surface area (Å²) in [6.45, 7) is 3.82. The SMILES string of the molecule is COCCn1ccnc1[C@H]1CCCN(C(=O)CN2CCCCCC2=O)C1. The van der Waals surface area contributed by atoms with Gasteiger partial charge in [-0.2, -0.15) is 0 Å². The highest BCUT2D eigenvalue weighted by Gasteiger charge is 2.29. The Morgan fingerprint density at radius 1 is 1.27 bits per heavy atom. The van der Waals surface area contributed by atoms with E-state index in [9.17, 15) is 9.59 Å². The van der Waals surface area contributed by atoms with Crippen LogP contribution in [0.4, 0.5) is 0 Å². The average Bonchev–Trinajstić information content (AvgIpc) is 3.04. The van der Waals surface area contributed by atoms with Crippen LogP contribution >= 0.6 is 0 Å². The summed E-state index contributed by atoms with van der Waals surface area (Å²) in [5, 5.41) is 0. The van der Waals surface area contributed by atoms with Gasteiger partial charge in [0.25, 0.3) is 0 Å². The van der Waals surface area contributed by atoms with E-state index >= 15 is 0 Å². The van der Waals surface area contributed by atoms with Gasteiger partial charge >= 0.3 is 0 Å². The fourth-order valence-electron chi connectivity index (χ4n) is 3.94.